The summed E-state index contributed by atoms with van der Waals surface area (Å²) in [6.45, 7) is 0.131. The summed E-state index contributed by atoms with van der Waals surface area (Å²) in [5, 5.41) is 18.0. The van der Waals surface area contributed by atoms with Crippen molar-refractivity contribution in [2.24, 2.45) is 5.41 Å². The Morgan fingerprint density at radius 1 is 1.18 bits per heavy atom. The fourth-order valence-corrected chi connectivity index (χ4v) is 1.60. The van der Waals surface area contributed by atoms with E-state index < -0.39 is 0 Å². The number of rotatable bonds is 2. The third-order valence-corrected chi connectivity index (χ3v) is 2.72. The minimum absolute atomic E-state index is 0.0289. The maximum Gasteiger partial charge on any atom is 0.0509 e. The van der Waals surface area contributed by atoms with Gasteiger partial charge in [-0.1, -0.05) is 0 Å². The number of aliphatic hydroxyl groups excluding tert-OH is 2. The van der Waals surface area contributed by atoms with Gasteiger partial charge in [0.1, 0.15) is 0 Å². The highest BCUT2D eigenvalue weighted by Crippen LogP contribution is 2.34. The van der Waals surface area contributed by atoms with Crippen LogP contribution in [-0.4, -0.2) is 29.5 Å². The molecule has 0 aromatic rings. The van der Waals surface area contributed by atoms with Gasteiger partial charge in [-0.25, -0.2) is 0 Å². The van der Waals surface area contributed by atoms with E-state index in [9.17, 15) is 0 Å². The summed E-state index contributed by atoms with van der Waals surface area (Å²) in [5.74, 6) is 0. The normalized spacial score (nSPS) is 25.4. The Labute approximate surface area is 67.2 Å². The Bertz CT molecular complexity index is 113. The third-order valence-electron chi connectivity index (χ3n) is 2.72. The van der Waals surface area contributed by atoms with E-state index in [1.54, 1.807) is 0 Å². The van der Waals surface area contributed by atoms with Gasteiger partial charge >= 0.3 is 0 Å². The van der Waals surface area contributed by atoms with E-state index >= 15 is 0 Å². The first-order chi connectivity index (χ1) is 5.22. The van der Waals surface area contributed by atoms with E-state index in [0.29, 0.717) is 0 Å². The topological polar surface area (TPSA) is 64.3 Å². The lowest BCUT2D eigenvalue weighted by molar-refractivity contribution is 0.0189. The van der Waals surface area contributed by atoms with Crippen molar-refractivity contribution >= 4 is 0 Å². The van der Waals surface area contributed by atoms with Gasteiger partial charge in [0.2, 0.25) is 0 Å². The summed E-state index contributed by atoms with van der Waals surface area (Å²) in [6, 6.07) is 0.0289. The van der Waals surface area contributed by atoms with Crippen molar-refractivity contribution in [3.63, 3.8) is 0 Å². The maximum atomic E-state index is 9.01. The molecule has 3 heteroatoms. The fraction of sp³-hybridized carbons (Fsp3) is 1.00. The van der Waals surface area contributed by atoms with Crippen LogP contribution in [0.15, 0.2) is 0 Å². The molecule has 3 nitrogen and oxygen atoms in total. The molecule has 0 spiro atoms. The first kappa shape index (κ1) is 8.97. The van der Waals surface area contributed by atoms with Crippen LogP contribution in [0.3, 0.4) is 0 Å². The Morgan fingerprint density at radius 3 is 2.00 bits per heavy atom. The zero-order chi connectivity index (χ0) is 8.32. The van der Waals surface area contributed by atoms with Gasteiger partial charge in [-0.2, -0.15) is 0 Å². The van der Waals surface area contributed by atoms with E-state index in [0.717, 1.165) is 25.7 Å². The lowest BCUT2D eigenvalue weighted by Gasteiger charge is -2.35. The Kier molecular flexibility index (Phi) is 2.87. The van der Waals surface area contributed by atoms with Crippen LogP contribution in [-0.2, 0) is 0 Å². The summed E-state index contributed by atoms with van der Waals surface area (Å²) < 4.78 is 0. The van der Waals surface area contributed by atoms with Crippen molar-refractivity contribution in [1.29, 1.82) is 0 Å². The molecular formula is C8H16NO2. The van der Waals surface area contributed by atoms with Gasteiger partial charge in [0.05, 0.1) is 13.2 Å². The van der Waals surface area contributed by atoms with Gasteiger partial charge in [0.15, 0.2) is 0 Å². The molecular weight excluding hydrogens is 142 g/mol. The summed E-state index contributed by atoms with van der Waals surface area (Å²) in [7, 11) is 0. The van der Waals surface area contributed by atoms with Crippen molar-refractivity contribution in [2.45, 2.75) is 31.7 Å². The molecule has 1 aliphatic carbocycles. The zero-order valence-electron chi connectivity index (χ0n) is 6.71. The molecule has 0 bridgehead atoms. The zero-order valence-corrected chi connectivity index (χ0v) is 6.71. The minimum atomic E-state index is -0.266. The van der Waals surface area contributed by atoms with E-state index in [1.807, 2.05) is 0 Å². The molecule has 1 aliphatic rings. The van der Waals surface area contributed by atoms with E-state index in [2.05, 4.69) is 0 Å². The molecule has 11 heavy (non-hydrogen) atoms. The summed E-state index contributed by atoms with van der Waals surface area (Å²) in [6.07, 6.45) is 3.24. The first-order valence-corrected chi connectivity index (χ1v) is 4.15. The van der Waals surface area contributed by atoms with Gasteiger partial charge in [0, 0.05) is 11.5 Å². The quantitative estimate of drug-likeness (QED) is 0.602. The fourth-order valence-electron chi connectivity index (χ4n) is 1.60. The SMILES string of the molecule is [NH]C1CCC(CO)(CO)CC1. The van der Waals surface area contributed by atoms with Gasteiger partial charge in [-0.05, 0) is 25.7 Å². The highest BCUT2D eigenvalue weighted by Gasteiger charge is 2.33. The number of hydrogen-bond donors (Lipinski definition) is 2. The Hall–Kier alpha value is -0.120. The monoisotopic (exact) mass is 158 g/mol. The molecule has 0 aliphatic heterocycles. The van der Waals surface area contributed by atoms with Crippen LogP contribution < -0.4 is 5.73 Å². The summed E-state index contributed by atoms with van der Waals surface area (Å²) >= 11 is 0. The molecule has 1 rings (SSSR count). The lowest BCUT2D eigenvalue weighted by Crippen LogP contribution is -2.36. The van der Waals surface area contributed by atoms with Crippen molar-refractivity contribution in [3.8, 4) is 0 Å². The van der Waals surface area contributed by atoms with Crippen LogP contribution in [0.4, 0.5) is 0 Å². The highest BCUT2D eigenvalue weighted by molar-refractivity contribution is 4.85. The van der Waals surface area contributed by atoms with Crippen LogP contribution in [0.1, 0.15) is 25.7 Å². The number of nitrogens with one attached hydrogen (secondary N) is 1. The largest absolute Gasteiger partial charge is 0.396 e. The van der Waals surface area contributed by atoms with Crippen molar-refractivity contribution < 1.29 is 10.2 Å². The van der Waals surface area contributed by atoms with Gasteiger partial charge < -0.3 is 10.2 Å². The predicted molar refractivity (Wildman–Crippen MR) is 42.0 cm³/mol. The van der Waals surface area contributed by atoms with Crippen molar-refractivity contribution in [2.75, 3.05) is 13.2 Å². The molecule has 0 atom stereocenters. The predicted octanol–water partition coefficient (Wildman–Crippen LogP) is 0.183. The molecule has 1 saturated carbocycles. The lowest BCUT2D eigenvalue weighted by atomic mass is 9.74. The maximum absolute atomic E-state index is 9.01. The number of aliphatic hydroxyl groups is 2. The smallest absolute Gasteiger partial charge is 0.0509 e. The standard InChI is InChI=1S/C8H16NO2/c9-7-1-3-8(5-10,6-11)4-2-7/h7,9-11H,1-6H2. The average molecular weight is 158 g/mol. The second-order valence-electron chi connectivity index (χ2n) is 3.59. The highest BCUT2D eigenvalue weighted by atomic mass is 16.3. The minimum Gasteiger partial charge on any atom is -0.396 e. The molecule has 0 amide bonds. The summed E-state index contributed by atoms with van der Waals surface area (Å²) in [4.78, 5) is 0. The third kappa shape index (κ3) is 1.92. The van der Waals surface area contributed by atoms with E-state index in [1.165, 1.54) is 0 Å². The van der Waals surface area contributed by atoms with Crippen molar-refractivity contribution in [1.82, 2.24) is 5.73 Å². The second kappa shape index (κ2) is 3.52. The molecule has 1 radical (unpaired) electrons. The van der Waals surface area contributed by atoms with E-state index in [-0.39, 0.29) is 24.7 Å². The molecule has 0 unspecified atom stereocenters. The first-order valence-electron chi connectivity index (χ1n) is 4.15. The van der Waals surface area contributed by atoms with Crippen molar-refractivity contribution in [3.05, 3.63) is 0 Å². The Morgan fingerprint density at radius 2 is 1.64 bits per heavy atom. The van der Waals surface area contributed by atoms with Gasteiger partial charge in [0.25, 0.3) is 0 Å². The van der Waals surface area contributed by atoms with Crippen LogP contribution in [0.25, 0.3) is 0 Å². The molecule has 3 N–H and O–H groups in total. The molecule has 0 saturated heterocycles. The van der Waals surface area contributed by atoms with Crippen LogP contribution in [0.5, 0.6) is 0 Å². The summed E-state index contributed by atoms with van der Waals surface area (Å²) in [5.41, 5.74) is 7.17. The Balaban J connectivity index is 2.45. The molecule has 65 valence electrons. The molecule has 0 aromatic carbocycles. The number of hydrogen-bond acceptors (Lipinski definition) is 2. The second-order valence-corrected chi connectivity index (χ2v) is 3.59. The average Bonchev–Trinajstić information content (AvgIpc) is 2.07. The molecule has 1 fully saturated rings. The molecule has 0 heterocycles. The molecule has 0 aromatic heterocycles. The van der Waals surface area contributed by atoms with Gasteiger partial charge in [-0.15, -0.1) is 0 Å². The van der Waals surface area contributed by atoms with Gasteiger partial charge in [-0.3, -0.25) is 5.73 Å². The van der Waals surface area contributed by atoms with Crippen LogP contribution in [0.2, 0.25) is 0 Å². The van der Waals surface area contributed by atoms with Crippen LogP contribution >= 0.6 is 0 Å². The van der Waals surface area contributed by atoms with E-state index in [4.69, 9.17) is 15.9 Å². The van der Waals surface area contributed by atoms with Crippen LogP contribution in [0, 0.1) is 5.41 Å².